The molecule has 0 fully saturated rings. The maximum absolute atomic E-state index is 12.6. The molecular formula is C18H29NO5. The smallest absolute Gasteiger partial charge is 0.341 e. The van der Waals surface area contributed by atoms with Crippen LogP contribution in [0, 0.1) is 0 Å². The molecule has 0 aliphatic rings. The van der Waals surface area contributed by atoms with Crippen molar-refractivity contribution in [2.75, 3.05) is 13.2 Å². The van der Waals surface area contributed by atoms with Gasteiger partial charge in [-0.15, -0.1) is 0 Å². The number of esters is 2. The van der Waals surface area contributed by atoms with Crippen molar-refractivity contribution in [3.05, 3.63) is 22.5 Å². The minimum absolute atomic E-state index is 0.0789. The van der Waals surface area contributed by atoms with Gasteiger partial charge in [0.15, 0.2) is 0 Å². The summed E-state index contributed by atoms with van der Waals surface area (Å²) in [6, 6.07) is 0. The fourth-order valence-electron chi connectivity index (χ4n) is 2.75. The Morgan fingerprint density at radius 1 is 0.833 bits per heavy atom. The molecule has 0 radical (unpaired) electrons. The average molecular weight is 339 g/mol. The first-order valence-corrected chi connectivity index (χ1v) is 8.21. The standard InChI is InChI=1S/C18H29NO5/c1-9-23-15(20)11-12(16(21)24-10-2)14(18(6,7)8)19(22)13(11)17(3,4)5/h22H,9-10H2,1-8H3. The highest BCUT2D eigenvalue weighted by Gasteiger charge is 2.41. The fraction of sp³-hybridized carbons (Fsp3) is 0.667. The average Bonchev–Trinajstić information content (AvgIpc) is 2.72. The predicted molar refractivity (Wildman–Crippen MR) is 90.9 cm³/mol. The molecule has 24 heavy (non-hydrogen) atoms. The normalized spacial score (nSPS) is 12.2. The van der Waals surface area contributed by atoms with Crippen LogP contribution < -0.4 is 0 Å². The van der Waals surface area contributed by atoms with Crippen LogP contribution in [0.4, 0.5) is 0 Å². The summed E-state index contributed by atoms with van der Waals surface area (Å²) >= 11 is 0. The van der Waals surface area contributed by atoms with Crippen molar-refractivity contribution >= 4 is 11.9 Å². The summed E-state index contributed by atoms with van der Waals surface area (Å²) in [6.45, 7) is 14.9. The number of ether oxygens (including phenoxy) is 2. The Labute approximate surface area is 143 Å². The lowest BCUT2D eigenvalue weighted by Crippen LogP contribution is -2.24. The molecule has 0 saturated carbocycles. The molecule has 1 aromatic rings. The lowest BCUT2D eigenvalue weighted by atomic mass is 9.86. The van der Waals surface area contributed by atoms with E-state index >= 15 is 0 Å². The van der Waals surface area contributed by atoms with Gasteiger partial charge in [0.1, 0.15) is 0 Å². The largest absolute Gasteiger partial charge is 0.462 e. The van der Waals surface area contributed by atoms with Gasteiger partial charge in [-0.25, -0.2) is 9.59 Å². The summed E-state index contributed by atoms with van der Waals surface area (Å²) in [7, 11) is 0. The van der Waals surface area contributed by atoms with Crippen molar-refractivity contribution in [3.63, 3.8) is 0 Å². The number of carbonyl (C=O) groups is 2. The Hall–Kier alpha value is -1.98. The van der Waals surface area contributed by atoms with Crippen molar-refractivity contribution < 1.29 is 24.3 Å². The Bertz CT molecular complexity index is 576. The molecule has 0 bridgehead atoms. The van der Waals surface area contributed by atoms with Gasteiger partial charge in [0.2, 0.25) is 0 Å². The van der Waals surface area contributed by atoms with Crippen LogP contribution in [0.3, 0.4) is 0 Å². The SMILES string of the molecule is CCOC(=O)c1c(C(=O)OCC)c(C(C)(C)C)n(O)c1C(C)(C)C. The summed E-state index contributed by atoms with van der Waals surface area (Å²) in [5.74, 6) is -1.27. The summed E-state index contributed by atoms with van der Waals surface area (Å²) in [6.07, 6.45) is 0. The van der Waals surface area contributed by atoms with E-state index < -0.39 is 22.8 Å². The van der Waals surface area contributed by atoms with Crippen LogP contribution in [-0.2, 0) is 20.3 Å². The molecule has 0 saturated heterocycles. The minimum Gasteiger partial charge on any atom is -0.462 e. The molecule has 0 unspecified atom stereocenters. The van der Waals surface area contributed by atoms with E-state index in [2.05, 4.69) is 0 Å². The van der Waals surface area contributed by atoms with E-state index in [-0.39, 0.29) is 24.3 Å². The Balaban J connectivity index is 3.92. The van der Waals surface area contributed by atoms with Crippen LogP contribution in [0.25, 0.3) is 0 Å². The lowest BCUT2D eigenvalue weighted by molar-refractivity contribution is 0.0476. The molecule has 0 atom stereocenters. The van der Waals surface area contributed by atoms with E-state index in [0.29, 0.717) is 11.4 Å². The number of hydrogen-bond acceptors (Lipinski definition) is 5. The Morgan fingerprint density at radius 3 is 1.33 bits per heavy atom. The second-order valence-electron chi connectivity index (χ2n) is 7.70. The van der Waals surface area contributed by atoms with E-state index in [1.54, 1.807) is 13.8 Å². The van der Waals surface area contributed by atoms with Crippen LogP contribution in [0.1, 0.15) is 87.5 Å². The molecule has 0 spiro atoms. The summed E-state index contributed by atoms with van der Waals surface area (Å²) < 4.78 is 11.2. The molecule has 6 nitrogen and oxygen atoms in total. The van der Waals surface area contributed by atoms with E-state index in [1.807, 2.05) is 41.5 Å². The van der Waals surface area contributed by atoms with Crippen LogP contribution in [-0.4, -0.2) is 35.1 Å². The molecule has 0 aromatic carbocycles. The molecule has 0 aliphatic carbocycles. The highest BCUT2D eigenvalue weighted by Crippen LogP contribution is 2.38. The van der Waals surface area contributed by atoms with Gasteiger partial charge in [-0.3, -0.25) is 0 Å². The summed E-state index contributed by atoms with van der Waals surface area (Å²) in [5.41, 5.74) is -0.322. The Kier molecular flexibility index (Phi) is 5.74. The topological polar surface area (TPSA) is 77.8 Å². The second-order valence-corrected chi connectivity index (χ2v) is 7.70. The molecule has 1 rings (SSSR count). The van der Waals surface area contributed by atoms with Crippen molar-refractivity contribution in [1.29, 1.82) is 0 Å². The highest BCUT2D eigenvalue weighted by molar-refractivity contribution is 6.05. The predicted octanol–water partition coefficient (Wildman–Crippen LogP) is 3.67. The molecule has 6 heteroatoms. The van der Waals surface area contributed by atoms with E-state index in [4.69, 9.17) is 9.47 Å². The zero-order valence-corrected chi connectivity index (χ0v) is 15.9. The van der Waals surface area contributed by atoms with Gasteiger partial charge >= 0.3 is 11.9 Å². The van der Waals surface area contributed by atoms with Crippen LogP contribution in [0.5, 0.6) is 0 Å². The minimum atomic E-state index is -0.635. The van der Waals surface area contributed by atoms with Gasteiger partial charge in [-0.1, -0.05) is 41.5 Å². The van der Waals surface area contributed by atoms with Gasteiger partial charge < -0.3 is 14.7 Å². The van der Waals surface area contributed by atoms with E-state index in [9.17, 15) is 14.8 Å². The fourth-order valence-corrected chi connectivity index (χ4v) is 2.75. The Morgan fingerprint density at radius 2 is 1.12 bits per heavy atom. The number of rotatable bonds is 4. The van der Waals surface area contributed by atoms with Crippen LogP contribution in [0.15, 0.2) is 0 Å². The van der Waals surface area contributed by atoms with Crippen LogP contribution in [0.2, 0.25) is 0 Å². The number of hydrogen-bond donors (Lipinski definition) is 1. The molecule has 136 valence electrons. The summed E-state index contributed by atoms with van der Waals surface area (Å²) in [5, 5.41) is 10.8. The summed E-state index contributed by atoms with van der Waals surface area (Å²) in [4.78, 5) is 25.2. The number of aromatic nitrogens is 1. The van der Waals surface area contributed by atoms with Crippen molar-refractivity contribution in [1.82, 2.24) is 4.73 Å². The molecule has 0 amide bonds. The zero-order valence-electron chi connectivity index (χ0n) is 15.9. The van der Waals surface area contributed by atoms with E-state index in [1.165, 1.54) is 0 Å². The van der Waals surface area contributed by atoms with Gasteiger partial charge in [0, 0.05) is 10.8 Å². The van der Waals surface area contributed by atoms with Gasteiger partial charge in [-0.05, 0) is 13.8 Å². The highest BCUT2D eigenvalue weighted by atomic mass is 16.5. The third kappa shape index (κ3) is 3.74. The van der Waals surface area contributed by atoms with Crippen LogP contribution >= 0.6 is 0 Å². The maximum Gasteiger partial charge on any atom is 0.341 e. The second kappa shape index (κ2) is 6.87. The third-order valence-electron chi connectivity index (χ3n) is 3.53. The first-order chi connectivity index (χ1) is 10.9. The number of carbonyl (C=O) groups excluding carboxylic acids is 2. The molecule has 0 aliphatic heterocycles. The molecule has 1 N–H and O–H groups in total. The first kappa shape index (κ1) is 20.1. The maximum atomic E-state index is 12.6. The van der Waals surface area contributed by atoms with Crippen molar-refractivity contribution in [2.24, 2.45) is 0 Å². The zero-order chi connectivity index (χ0) is 18.9. The first-order valence-electron chi connectivity index (χ1n) is 8.21. The molecular weight excluding hydrogens is 310 g/mol. The van der Waals surface area contributed by atoms with Gasteiger partial charge in [0.05, 0.1) is 35.7 Å². The third-order valence-corrected chi connectivity index (χ3v) is 3.53. The van der Waals surface area contributed by atoms with Crippen molar-refractivity contribution in [2.45, 2.75) is 66.2 Å². The molecule has 1 heterocycles. The molecule has 1 aromatic heterocycles. The quantitative estimate of drug-likeness (QED) is 0.669. The van der Waals surface area contributed by atoms with E-state index in [0.717, 1.165) is 4.73 Å². The van der Waals surface area contributed by atoms with Gasteiger partial charge in [0.25, 0.3) is 0 Å². The lowest BCUT2D eigenvalue weighted by Gasteiger charge is -2.23. The number of nitrogens with zero attached hydrogens (tertiary/aromatic N) is 1. The monoisotopic (exact) mass is 339 g/mol. The van der Waals surface area contributed by atoms with Crippen molar-refractivity contribution in [3.8, 4) is 0 Å². The van der Waals surface area contributed by atoms with Gasteiger partial charge in [-0.2, -0.15) is 4.73 Å².